The van der Waals surface area contributed by atoms with Crippen LogP contribution in [0.25, 0.3) is 11.4 Å². The number of anilines is 1. The summed E-state index contributed by atoms with van der Waals surface area (Å²) in [5, 5.41) is 12.7. The maximum absolute atomic E-state index is 12.4. The fraction of sp³-hybridized carbons (Fsp3) is 0.190. The lowest BCUT2D eigenvalue weighted by Gasteiger charge is -2.10. The lowest BCUT2D eigenvalue weighted by Crippen LogP contribution is -2.15. The van der Waals surface area contributed by atoms with Crippen LogP contribution in [0, 0.1) is 6.92 Å². The van der Waals surface area contributed by atoms with Crippen LogP contribution in [-0.2, 0) is 11.3 Å². The van der Waals surface area contributed by atoms with E-state index in [9.17, 15) is 4.79 Å². The molecule has 0 saturated carbocycles. The number of amides is 1. The molecule has 8 heteroatoms. The number of nitrogens with one attached hydrogen (secondary N) is 1. The smallest absolute Gasteiger partial charge is 0.234 e. The first-order chi connectivity index (χ1) is 14.0. The van der Waals surface area contributed by atoms with E-state index >= 15 is 0 Å². The van der Waals surface area contributed by atoms with Crippen molar-refractivity contribution in [2.75, 3.05) is 18.2 Å². The van der Waals surface area contributed by atoms with Crippen LogP contribution in [-0.4, -0.2) is 33.5 Å². The SMILES string of the molecule is C=CCn1c(SCC(=O)Nc2cccc(Cl)c2C)nnc1-c1cccc(OC)c1. The highest BCUT2D eigenvalue weighted by atomic mass is 35.5. The van der Waals surface area contributed by atoms with Crippen LogP contribution in [0.4, 0.5) is 5.69 Å². The molecule has 3 rings (SSSR count). The summed E-state index contributed by atoms with van der Waals surface area (Å²) in [6.07, 6.45) is 1.77. The van der Waals surface area contributed by atoms with E-state index in [1.54, 1.807) is 25.3 Å². The number of hydrogen-bond donors (Lipinski definition) is 1. The summed E-state index contributed by atoms with van der Waals surface area (Å²) >= 11 is 7.43. The molecule has 0 fully saturated rings. The minimum atomic E-state index is -0.142. The fourth-order valence-electron chi connectivity index (χ4n) is 2.72. The number of benzene rings is 2. The van der Waals surface area contributed by atoms with Gasteiger partial charge in [0.25, 0.3) is 0 Å². The maximum Gasteiger partial charge on any atom is 0.234 e. The topological polar surface area (TPSA) is 69.0 Å². The highest BCUT2D eigenvalue weighted by Gasteiger charge is 2.16. The van der Waals surface area contributed by atoms with Gasteiger partial charge in [-0.15, -0.1) is 16.8 Å². The van der Waals surface area contributed by atoms with E-state index in [0.717, 1.165) is 16.9 Å². The van der Waals surface area contributed by atoms with Crippen LogP contribution in [0.1, 0.15) is 5.56 Å². The first kappa shape index (κ1) is 21.0. The zero-order chi connectivity index (χ0) is 20.8. The van der Waals surface area contributed by atoms with E-state index in [4.69, 9.17) is 16.3 Å². The second-order valence-corrected chi connectivity index (χ2v) is 7.54. The molecule has 0 radical (unpaired) electrons. The van der Waals surface area contributed by atoms with E-state index in [-0.39, 0.29) is 11.7 Å². The second-order valence-electron chi connectivity index (χ2n) is 6.19. The van der Waals surface area contributed by atoms with Gasteiger partial charge in [-0.05, 0) is 36.8 Å². The predicted octanol–water partition coefficient (Wildman–Crippen LogP) is 4.83. The van der Waals surface area contributed by atoms with Crippen LogP contribution in [0.3, 0.4) is 0 Å². The number of hydrogen-bond acceptors (Lipinski definition) is 5. The summed E-state index contributed by atoms with van der Waals surface area (Å²) < 4.78 is 7.21. The Morgan fingerprint density at radius 1 is 1.31 bits per heavy atom. The van der Waals surface area contributed by atoms with Gasteiger partial charge in [-0.3, -0.25) is 9.36 Å². The van der Waals surface area contributed by atoms with Crippen molar-refractivity contribution in [3.63, 3.8) is 0 Å². The van der Waals surface area contributed by atoms with Gasteiger partial charge in [0.2, 0.25) is 5.91 Å². The Labute approximate surface area is 178 Å². The summed E-state index contributed by atoms with van der Waals surface area (Å²) in [4.78, 5) is 12.4. The molecular formula is C21H21ClN4O2S. The van der Waals surface area contributed by atoms with Crippen molar-refractivity contribution < 1.29 is 9.53 Å². The quantitative estimate of drug-likeness (QED) is 0.411. The first-order valence-electron chi connectivity index (χ1n) is 8.89. The fourth-order valence-corrected chi connectivity index (χ4v) is 3.65. The Bertz CT molecular complexity index is 1040. The predicted molar refractivity (Wildman–Crippen MR) is 118 cm³/mol. The summed E-state index contributed by atoms with van der Waals surface area (Å²) in [7, 11) is 1.62. The number of aromatic nitrogens is 3. The third-order valence-corrected chi connectivity index (χ3v) is 5.61. The molecular weight excluding hydrogens is 408 g/mol. The number of allylic oxidation sites excluding steroid dienone is 1. The molecule has 0 aliphatic carbocycles. The number of rotatable bonds is 8. The minimum absolute atomic E-state index is 0.142. The number of carbonyl (C=O) groups excluding carboxylic acids is 1. The van der Waals surface area contributed by atoms with Crippen molar-refractivity contribution >= 4 is 35.0 Å². The molecule has 3 aromatic rings. The number of ether oxygens (including phenoxy) is 1. The zero-order valence-electron chi connectivity index (χ0n) is 16.2. The van der Waals surface area contributed by atoms with Crippen LogP contribution >= 0.6 is 23.4 Å². The van der Waals surface area contributed by atoms with Crippen molar-refractivity contribution in [1.82, 2.24) is 14.8 Å². The van der Waals surface area contributed by atoms with Gasteiger partial charge in [0, 0.05) is 22.8 Å². The lowest BCUT2D eigenvalue weighted by molar-refractivity contribution is -0.113. The maximum atomic E-state index is 12.4. The summed E-state index contributed by atoms with van der Waals surface area (Å²) in [5.41, 5.74) is 2.42. The highest BCUT2D eigenvalue weighted by molar-refractivity contribution is 7.99. The normalized spacial score (nSPS) is 10.6. The summed E-state index contributed by atoms with van der Waals surface area (Å²) in [6, 6.07) is 13.0. The van der Waals surface area contributed by atoms with E-state index in [1.807, 2.05) is 41.8 Å². The third kappa shape index (κ3) is 4.99. The van der Waals surface area contributed by atoms with E-state index in [0.29, 0.717) is 28.2 Å². The van der Waals surface area contributed by atoms with Crippen LogP contribution < -0.4 is 10.1 Å². The third-order valence-electron chi connectivity index (χ3n) is 4.23. The first-order valence-corrected chi connectivity index (χ1v) is 10.3. The van der Waals surface area contributed by atoms with E-state index in [1.165, 1.54) is 11.8 Å². The van der Waals surface area contributed by atoms with Crippen LogP contribution in [0.5, 0.6) is 5.75 Å². The van der Waals surface area contributed by atoms with E-state index in [2.05, 4.69) is 22.1 Å². The van der Waals surface area contributed by atoms with Gasteiger partial charge in [0.05, 0.1) is 12.9 Å². The van der Waals surface area contributed by atoms with Gasteiger partial charge in [-0.1, -0.05) is 47.6 Å². The molecule has 0 spiro atoms. The molecule has 2 aromatic carbocycles. The number of nitrogens with zero attached hydrogens (tertiary/aromatic N) is 3. The summed E-state index contributed by atoms with van der Waals surface area (Å²) in [6.45, 7) is 6.20. The summed E-state index contributed by atoms with van der Waals surface area (Å²) in [5.74, 6) is 1.48. The van der Waals surface area contributed by atoms with E-state index < -0.39 is 0 Å². The zero-order valence-corrected chi connectivity index (χ0v) is 17.8. The standard InChI is InChI=1S/C21H21ClN4O2S/c1-4-11-26-20(15-7-5-8-16(12-15)28-3)24-25-21(26)29-13-19(27)23-18-10-6-9-17(22)14(18)2/h4-10,12H,1,11,13H2,2-3H3,(H,23,27). The van der Waals surface area contributed by atoms with Crippen LogP contribution in [0.15, 0.2) is 60.3 Å². The molecule has 0 bridgehead atoms. The molecule has 1 N–H and O–H groups in total. The van der Waals surface area contributed by atoms with Crippen molar-refractivity contribution in [3.8, 4) is 17.1 Å². The molecule has 0 aliphatic heterocycles. The Hall–Kier alpha value is -2.77. The number of halogens is 1. The molecule has 1 aromatic heterocycles. The van der Waals surface area contributed by atoms with Crippen LogP contribution in [0.2, 0.25) is 5.02 Å². The van der Waals surface area contributed by atoms with Gasteiger partial charge in [0.1, 0.15) is 5.75 Å². The molecule has 1 heterocycles. The number of thioether (sulfide) groups is 1. The number of methoxy groups -OCH3 is 1. The average molecular weight is 429 g/mol. The molecule has 1 amide bonds. The molecule has 150 valence electrons. The van der Waals surface area contributed by atoms with Gasteiger partial charge in [-0.25, -0.2) is 0 Å². The van der Waals surface area contributed by atoms with Gasteiger partial charge >= 0.3 is 0 Å². The van der Waals surface area contributed by atoms with Gasteiger partial charge < -0.3 is 10.1 Å². The van der Waals surface area contributed by atoms with Crippen molar-refractivity contribution in [2.24, 2.45) is 0 Å². The molecule has 0 atom stereocenters. The Kier molecular flexibility index (Phi) is 6.95. The Morgan fingerprint density at radius 2 is 2.10 bits per heavy atom. The minimum Gasteiger partial charge on any atom is -0.497 e. The second kappa shape index (κ2) is 9.62. The molecule has 0 saturated heterocycles. The number of carbonyl (C=O) groups is 1. The van der Waals surface area contributed by atoms with Crippen molar-refractivity contribution in [2.45, 2.75) is 18.6 Å². The molecule has 6 nitrogen and oxygen atoms in total. The van der Waals surface area contributed by atoms with Crippen molar-refractivity contribution in [3.05, 3.63) is 65.7 Å². The highest BCUT2D eigenvalue weighted by Crippen LogP contribution is 2.27. The van der Waals surface area contributed by atoms with Gasteiger partial charge in [-0.2, -0.15) is 0 Å². The lowest BCUT2D eigenvalue weighted by atomic mass is 10.2. The monoisotopic (exact) mass is 428 g/mol. The molecule has 0 unspecified atom stereocenters. The largest absolute Gasteiger partial charge is 0.497 e. The van der Waals surface area contributed by atoms with Crippen molar-refractivity contribution in [1.29, 1.82) is 0 Å². The molecule has 29 heavy (non-hydrogen) atoms. The Morgan fingerprint density at radius 3 is 2.86 bits per heavy atom. The Balaban J connectivity index is 1.75. The molecule has 0 aliphatic rings. The average Bonchev–Trinajstić information content (AvgIpc) is 3.13. The van der Waals surface area contributed by atoms with Gasteiger partial charge in [0.15, 0.2) is 11.0 Å².